The maximum atomic E-state index is 15.4. The van der Waals surface area contributed by atoms with E-state index in [0.29, 0.717) is 17.7 Å². The third-order valence-corrected chi connectivity index (χ3v) is 10.7. The topological polar surface area (TPSA) is 82.9 Å². The number of methoxy groups -OCH3 is 1. The molecule has 59 heavy (non-hydrogen) atoms. The number of fused-ring (bicyclic) bond motifs is 1. The molecular weight excluding hydrogens is 758 g/mol. The van der Waals surface area contributed by atoms with Crippen molar-refractivity contribution in [2.45, 2.75) is 172 Å². The Labute approximate surface area is 355 Å². The molecule has 0 radical (unpaired) electrons. The van der Waals surface area contributed by atoms with Crippen LogP contribution in [0.1, 0.15) is 169 Å². The second-order valence-electron chi connectivity index (χ2n) is 15.5. The van der Waals surface area contributed by atoms with Gasteiger partial charge >= 0.3 is 6.01 Å². The van der Waals surface area contributed by atoms with E-state index < -0.39 is 28.9 Å². The summed E-state index contributed by atoms with van der Waals surface area (Å²) in [6.07, 6.45) is 15.0. The summed E-state index contributed by atoms with van der Waals surface area (Å²) in [7, 11) is 2.83. The molecule has 0 fully saturated rings. The highest BCUT2D eigenvalue weighted by atomic mass is 19.3. The van der Waals surface area contributed by atoms with Gasteiger partial charge in [-0.2, -0.15) is 9.97 Å². The van der Waals surface area contributed by atoms with Gasteiger partial charge in [-0.05, 0) is 81.6 Å². The van der Waals surface area contributed by atoms with Gasteiger partial charge in [0.15, 0.2) is 5.82 Å². The normalized spacial score (nSPS) is 12.6. The zero-order valence-electron chi connectivity index (χ0n) is 39.0. The second kappa shape index (κ2) is 30.6. The molecule has 1 aromatic heterocycles. The number of alkyl halides is 2. The van der Waals surface area contributed by atoms with E-state index in [0.717, 1.165) is 56.2 Å². The first kappa shape index (κ1) is 55.7. The van der Waals surface area contributed by atoms with Crippen LogP contribution in [-0.2, 0) is 0 Å². The van der Waals surface area contributed by atoms with Crippen LogP contribution in [0.3, 0.4) is 0 Å². The highest BCUT2D eigenvalue weighted by Crippen LogP contribution is 2.41. The fourth-order valence-corrected chi connectivity index (χ4v) is 7.15. The SMILES string of the molecule is CC.CCCCCC(F)(F)CC(C)CCCC.CCCCC[C@H](CNCCC)C(C)CC.CNc1c(C=N)ccc(F)c1-c1c(F)c(C)c2c(C)nc(OC)nc2c1F. The molecule has 6 nitrogen and oxygen atoms in total. The first-order valence-electron chi connectivity index (χ1n) is 22.4. The molecule has 0 saturated carbocycles. The van der Waals surface area contributed by atoms with E-state index >= 15 is 8.78 Å². The maximum Gasteiger partial charge on any atom is 0.316 e. The highest BCUT2D eigenvalue weighted by Gasteiger charge is 2.30. The Morgan fingerprint density at radius 3 is 2.00 bits per heavy atom. The standard InChI is InChI=1S/C19H17F3N4O.C14H31N.C13H26F2.C2H6/c1-8-12-9(2)25-19(27-4)26-18(12)16(22)14(15(8)21)13-11(20)6-5-10(7-23)17(13)24-3;1-5-8-9-10-14(13(4)7-3)12-15-11-6-2;1-4-6-8-10-13(14,15)11-12(3)9-7-5-2;1-2/h5-7,23-24H,1-4H3;13-15H,5-12H2,1-4H3;12H,4-11H2,1-3H3;1-2H3/t;13?,14-;;/m.1../s1. The van der Waals surface area contributed by atoms with Crippen molar-refractivity contribution in [1.82, 2.24) is 15.3 Å². The van der Waals surface area contributed by atoms with Crippen LogP contribution in [-0.4, -0.2) is 49.4 Å². The third kappa shape index (κ3) is 18.4. The van der Waals surface area contributed by atoms with E-state index in [1.54, 1.807) is 6.92 Å². The van der Waals surface area contributed by atoms with Crippen LogP contribution < -0.4 is 15.4 Å². The van der Waals surface area contributed by atoms with Gasteiger partial charge in [0.1, 0.15) is 17.2 Å². The molecule has 0 aliphatic rings. The molecule has 338 valence electrons. The molecule has 0 aliphatic heterocycles. The van der Waals surface area contributed by atoms with E-state index in [-0.39, 0.29) is 52.5 Å². The maximum absolute atomic E-state index is 15.4. The first-order chi connectivity index (χ1) is 28.1. The van der Waals surface area contributed by atoms with Crippen LogP contribution >= 0.6 is 0 Å². The number of rotatable bonds is 23. The van der Waals surface area contributed by atoms with Gasteiger partial charge in [-0.1, -0.05) is 120 Å². The molecule has 2 aromatic carbocycles. The number of benzene rings is 2. The number of hydrogen-bond donors (Lipinski definition) is 3. The molecule has 3 rings (SSSR count). The molecule has 2 unspecified atom stereocenters. The summed E-state index contributed by atoms with van der Waals surface area (Å²) in [5.41, 5.74) is -0.153. The Hall–Kier alpha value is -3.34. The van der Waals surface area contributed by atoms with Gasteiger partial charge in [-0.3, -0.25) is 0 Å². The molecule has 0 saturated heterocycles. The lowest BCUT2D eigenvalue weighted by atomic mass is 9.87. The summed E-state index contributed by atoms with van der Waals surface area (Å²) in [6.45, 7) is 24.8. The number of nitrogens with zero attached hydrogens (tertiary/aromatic N) is 2. The van der Waals surface area contributed by atoms with Crippen molar-refractivity contribution in [2.24, 2.45) is 17.8 Å². The van der Waals surface area contributed by atoms with Crippen LogP contribution in [0, 0.1) is 54.5 Å². The van der Waals surface area contributed by atoms with Crippen molar-refractivity contribution in [3.05, 3.63) is 46.4 Å². The largest absolute Gasteiger partial charge is 0.467 e. The summed E-state index contributed by atoms with van der Waals surface area (Å²) < 4.78 is 77.1. The molecule has 3 atom stereocenters. The van der Waals surface area contributed by atoms with Crippen LogP contribution in [0.15, 0.2) is 12.1 Å². The number of nitrogens with one attached hydrogen (secondary N) is 3. The van der Waals surface area contributed by atoms with Gasteiger partial charge < -0.3 is 20.8 Å². The van der Waals surface area contributed by atoms with Crippen molar-refractivity contribution in [1.29, 1.82) is 5.41 Å². The molecule has 0 aliphatic carbocycles. The van der Waals surface area contributed by atoms with E-state index in [2.05, 4.69) is 55.2 Å². The van der Waals surface area contributed by atoms with E-state index in [4.69, 9.17) is 10.1 Å². The van der Waals surface area contributed by atoms with Crippen molar-refractivity contribution in [3.63, 3.8) is 0 Å². The van der Waals surface area contributed by atoms with Gasteiger partial charge in [-0.25, -0.2) is 22.0 Å². The van der Waals surface area contributed by atoms with Crippen molar-refractivity contribution < 1.29 is 26.7 Å². The molecule has 1 heterocycles. The minimum absolute atomic E-state index is 0.0709. The molecule has 3 aromatic rings. The summed E-state index contributed by atoms with van der Waals surface area (Å²) >= 11 is 0. The van der Waals surface area contributed by atoms with E-state index in [1.807, 2.05) is 27.7 Å². The lowest BCUT2D eigenvalue weighted by Crippen LogP contribution is -2.27. The number of aromatic nitrogens is 2. The molecule has 3 N–H and O–H groups in total. The zero-order valence-corrected chi connectivity index (χ0v) is 39.0. The van der Waals surface area contributed by atoms with Gasteiger partial charge in [0.05, 0.1) is 24.1 Å². The quantitative estimate of drug-likeness (QED) is 0.0503. The lowest BCUT2D eigenvalue weighted by Gasteiger charge is -2.23. The van der Waals surface area contributed by atoms with Gasteiger partial charge in [0.2, 0.25) is 5.92 Å². The monoisotopic (exact) mass is 838 g/mol. The Bertz CT molecular complexity index is 1610. The van der Waals surface area contributed by atoms with Crippen molar-refractivity contribution in [2.75, 3.05) is 32.6 Å². The van der Waals surface area contributed by atoms with E-state index in [1.165, 1.54) is 78.8 Å². The second-order valence-corrected chi connectivity index (χ2v) is 15.5. The molecular formula is C48H80F5N5O. The van der Waals surface area contributed by atoms with Gasteiger partial charge in [0, 0.05) is 42.6 Å². The Morgan fingerprint density at radius 2 is 1.46 bits per heavy atom. The van der Waals surface area contributed by atoms with Crippen LogP contribution in [0.5, 0.6) is 6.01 Å². The summed E-state index contributed by atoms with van der Waals surface area (Å²) in [5, 5.41) is 14.0. The lowest BCUT2D eigenvalue weighted by molar-refractivity contribution is -0.0319. The zero-order chi connectivity index (χ0) is 45.1. The minimum atomic E-state index is -2.43. The van der Waals surface area contributed by atoms with Crippen LogP contribution in [0.4, 0.5) is 27.6 Å². The van der Waals surface area contributed by atoms with Crippen LogP contribution in [0.2, 0.25) is 0 Å². The molecule has 0 bridgehead atoms. The molecule has 11 heteroatoms. The average molecular weight is 838 g/mol. The van der Waals surface area contributed by atoms with E-state index in [9.17, 15) is 13.2 Å². The van der Waals surface area contributed by atoms with Gasteiger partial charge in [0.25, 0.3) is 0 Å². The fourth-order valence-electron chi connectivity index (χ4n) is 7.15. The summed E-state index contributed by atoms with van der Waals surface area (Å²) in [4.78, 5) is 8.07. The highest BCUT2D eigenvalue weighted by molar-refractivity contribution is 5.97. The molecule has 0 amide bonds. The smallest absolute Gasteiger partial charge is 0.316 e. The predicted molar refractivity (Wildman–Crippen MR) is 242 cm³/mol. The van der Waals surface area contributed by atoms with Crippen molar-refractivity contribution in [3.8, 4) is 17.1 Å². The number of ether oxygens (including phenoxy) is 1. The average Bonchev–Trinajstić information content (AvgIpc) is 3.22. The first-order valence-corrected chi connectivity index (χ1v) is 22.4. The molecule has 0 spiro atoms. The Kier molecular flexibility index (Phi) is 28.9. The van der Waals surface area contributed by atoms with Crippen LogP contribution in [0.25, 0.3) is 22.0 Å². The van der Waals surface area contributed by atoms with Gasteiger partial charge in [-0.15, -0.1) is 0 Å². The van der Waals surface area contributed by atoms with Crippen molar-refractivity contribution >= 4 is 22.8 Å². The fraction of sp³-hybridized carbons (Fsp3) is 0.688. The number of anilines is 1. The third-order valence-electron chi connectivity index (χ3n) is 10.7. The predicted octanol–water partition coefficient (Wildman–Crippen LogP) is 15.1. The minimum Gasteiger partial charge on any atom is -0.467 e. The summed E-state index contributed by atoms with van der Waals surface area (Å²) in [5.74, 6) is -3.23. The number of unbranched alkanes of at least 4 members (excludes halogenated alkanes) is 5. The Balaban J connectivity index is 0.000000905. The Morgan fingerprint density at radius 1 is 0.831 bits per heavy atom. The number of hydrogen-bond acceptors (Lipinski definition) is 6. The number of aryl methyl sites for hydroxylation is 2. The summed E-state index contributed by atoms with van der Waals surface area (Å²) in [6, 6.07) is 2.36. The number of halogens is 5.